The zero-order chi connectivity index (χ0) is 12.5. The molecule has 1 aromatic rings. The van der Waals surface area contributed by atoms with Crippen molar-refractivity contribution >= 4 is 16.2 Å². The van der Waals surface area contributed by atoms with Gasteiger partial charge in [-0.3, -0.25) is 4.99 Å². The van der Waals surface area contributed by atoms with E-state index in [0.717, 1.165) is 10.6 Å². The first-order valence-corrected chi connectivity index (χ1v) is 6.77. The van der Waals surface area contributed by atoms with Crippen molar-refractivity contribution in [3.63, 3.8) is 0 Å². The number of halogens is 1. The van der Waals surface area contributed by atoms with Crippen molar-refractivity contribution in [2.45, 2.75) is 6.17 Å². The highest BCUT2D eigenvalue weighted by molar-refractivity contribution is 7.88. The number of hydrogen-bond acceptors (Lipinski definition) is 3. The molecule has 1 aliphatic rings. The lowest BCUT2D eigenvalue weighted by atomic mass is 10.1. The molecule has 4 nitrogen and oxygen atoms in total. The predicted molar refractivity (Wildman–Crippen MR) is 63.5 cm³/mol. The summed E-state index contributed by atoms with van der Waals surface area (Å²) in [7, 11) is -3.39. The number of aliphatic imine (C=N–C) groups is 1. The molecular weight excluding hydrogens is 243 g/mol. The van der Waals surface area contributed by atoms with E-state index in [0.29, 0.717) is 5.56 Å². The van der Waals surface area contributed by atoms with E-state index in [9.17, 15) is 12.8 Å². The lowest BCUT2D eigenvalue weighted by molar-refractivity contribution is 0.419. The molecule has 0 radical (unpaired) electrons. The molecule has 1 atom stereocenters. The Labute approximate surface area is 99.1 Å². The van der Waals surface area contributed by atoms with Crippen molar-refractivity contribution in [3.05, 3.63) is 47.9 Å². The first kappa shape index (κ1) is 11.8. The third-order valence-electron chi connectivity index (χ3n) is 2.34. The van der Waals surface area contributed by atoms with E-state index in [1.165, 1.54) is 36.7 Å². The second-order valence-corrected chi connectivity index (χ2v) is 5.55. The van der Waals surface area contributed by atoms with Gasteiger partial charge < -0.3 is 0 Å². The van der Waals surface area contributed by atoms with Gasteiger partial charge in [-0.25, -0.2) is 17.1 Å². The van der Waals surface area contributed by atoms with Crippen LogP contribution in [0.4, 0.5) is 4.39 Å². The number of allylic oxidation sites excluding steroid dienone is 1. The minimum Gasteiger partial charge on any atom is -0.262 e. The van der Waals surface area contributed by atoms with Crippen molar-refractivity contribution in [3.8, 4) is 0 Å². The summed E-state index contributed by atoms with van der Waals surface area (Å²) in [6, 6.07) is 5.61. The molecule has 90 valence electrons. The van der Waals surface area contributed by atoms with E-state index in [1.807, 2.05) is 0 Å². The molecule has 1 aliphatic heterocycles. The smallest absolute Gasteiger partial charge is 0.233 e. The summed E-state index contributed by atoms with van der Waals surface area (Å²) in [5, 5.41) is 0. The summed E-state index contributed by atoms with van der Waals surface area (Å²) in [6.45, 7) is 0. The first-order chi connectivity index (χ1) is 7.98. The van der Waals surface area contributed by atoms with Crippen molar-refractivity contribution in [1.82, 2.24) is 4.31 Å². The number of hydrogen-bond donors (Lipinski definition) is 0. The van der Waals surface area contributed by atoms with Gasteiger partial charge in [0.25, 0.3) is 0 Å². The predicted octanol–water partition coefficient (Wildman–Crippen LogP) is 1.68. The third kappa shape index (κ3) is 2.52. The normalized spacial score (nSPS) is 19.6. The molecule has 6 heteroatoms. The van der Waals surface area contributed by atoms with Gasteiger partial charge >= 0.3 is 0 Å². The van der Waals surface area contributed by atoms with E-state index >= 15 is 0 Å². The Balaban J connectivity index is 2.40. The molecule has 0 N–H and O–H groups in total. The second-order valence-electron chi connectivity index (χ2n) is 3.66. The van der Waals surface area contributed by atoms with Crippen LogP contribution >= 0.6 is 0 Å². The largest absolute Gasteiger partial charge is 0.262 e. The summed E-state index contributed by atoms with van der Waals surface area (Å²) in [6.07, 6.45) is 4.96. The second kappa shape index (κ2) is 4.29. The van der Waals surface area contributed by atoms with Crippen LogP contribution < -0.4 is 0 Å². The van der Waals surface area contributed by atoms with Crippen LogP contribution in [0.2, 0.25) is 0 Å². The van der Waals surface area contributed by atoms with E-state index < -0.39 is 16.2 Å². The molecule has 0 saturated heterocycles. The van der Waals surface area contributed by atoms with Gasteiger partial charge in [-0.05, 0) is 23.8 Å². The molecule has 0 saturated carbocycles. The van der Waals surface area contributed by atoms with Gasteiger partial charge in [-0.2, -0.15) is 0 Å². The van der Waals surface area contributed by atoms with E-state index in [4.69, 9.17) is 0 Å². The van der Waals surface area contributed by atoms with E-state index in [1.54, 1.807) is 6.08 Å². The quantitative estimate of drug-likeness (QED) is 0.806. The average molecular weight is 254 g/mol. The van der Waals surface area contributed by atoms with Crippen molar-refractivity contribution in [2.75, 3.05) is 6.26 Å². The Hall–Kier alpha value is -1.69. The Morgan fingerprint density at radius 3 is 2.53 bits per heavy atom. The van der Waals surface area contributed by atoms with Crippen LogP contribution in [0.5, 0.6) is 0 Å². The number of nitrogens with zero attached hydrogens (tertiary/aromatic N) is 2. The maximum absolute atomic E-state index is 12.8. The lowest BCUT2D eigenvalue weighted by Gasteiger charge is -2.27. The van der Waals surface area contributed by atoms with Crippen molar-refractivity contribution < 1.29 is 12.8 Å². The van der Waals surface area contributed by atoms with Crippen LogP contribution in [0.3, 0.4) is 0 Å². The molecule has 2 rings (SSSR count). The van der Waals surface area contributed by atoms with Gasteiger partial charge in [0.1, 0.15) is 5.82 Å². The van der Waals surface area contributed by atoms with Crippen LogP contribution in [0, 0.1) is 5.82 Å². The first-order valence-electron chi connectivity index (χ1n) is 4.92. The van der Waals surface area contributed by atoms with Crippen LogP contribution in [-0.4, -0.2) is 25.2 Å². The maximum Gasteiger partial charge on any atom is 0.233 e. The molecule has 1 aromatic carbocycles. The van der Waals surface area contributed by atoms with Crippen LogP contribution in [0.15, 0.2) is 41.5 Å². The fourth-order valence-corrected chi connectivity index (χ4v) is 2.39. The molecule has 0 bridgehead atoms. The molecule has 17 heavy (non-hydrogen) atoms. The van der Waals surface area contributed by atoms with Gasteiger partial charge in [0, 0.05) is 12.4 Å². The van der Waals surface area contributed by atoms with E-state index in [-0.39, 0.29) is 5.82 Å². The summed E-state index contributed by atoms with van der Waals surface area (Å²) >= 11 is 0. The zero-order valence-electron chi connectivity index (χ0n) is 9.12. The molecule has 1 unspecified atom stereocenters. The number of sulfonamides is 1. The lowest BCUT2D eigenvalue weighted by Crippen LogP contribution is -2.30. The van der Waals surface area contributed by atoms with Crippen LogP contribution in [-0.2, 0) is 10.0 Å². The highest BCUT2D eigenvalue weighted by Gasteiger charge is 2.25. The summed E-state index contributed by atoms with van der Waals surface area (Å²) < 4.78 is 37.1. The van der Waals surface area contributed by atoms with Crippen molar-refractivity contribution in [2.24, 2.45) is 4.99 Å². The molecule has 0 aromatic heterocycles. The van der Waals surface area contributed by atoms with E-state index in [2.05, 4.69) is 4.99 Å². The molecule has 0 aliphatic carbocycles. The Bertz CT molecular complexity index is 564. The highest BCUT2D eigenvalue weighted by Crippen LogP contribution is 2.26. The molecular formula is C11H11FN2O2S. The molecule has 0 amide bonds. The standard InChI is InChI=1S/C11H11FN2O2S/c1-17(15,16)14-8-2-7-13-11(14)9-3-5-10(12)6-4-9/h2-8,11H,1H3. The molecule has 0 fully saturated rings. The summed E-state index contributed by atoms with van der Waals surface area (Å²) in [5.74, 6) is -0.366. The SMILES string of the molecule is CS(=O)(=O)N1C=CC=NC1c1ccc(F)cc1. The highest BCUT2D eigenvalue weighted by atomic mass is 32.2. The topological polar surface area (TPSA) is 49.7 Å². The average Bonchev–Trinajstić information content (AvgIpc) is 2.29. The number of benzene rings is 1. The Morgan fingerprint density at radius 2 is 1.94 bits per heavy atom. The number of rotatable bonds is 2. The van der Waals surface area contributed by atoms with Gasteiger partial charge in [-0.15, -0.1) is 0 Å². The van der Waals surface area contributed by atoms with Gasteiger partial charge in [0.15, 0.2) is 6.17 Å². The van der Waals surface area contributed by atoms with Crippen LogP contribution in [0.1, 0.15) is 11.7 Å². The third-order valence-corrected chi connectivity index (χ3v) is 3.43. The Kier molecular flexibility index (Phi) is 2.97. The maximum atomic E-state index is 12.8. The summed E-state index contributed by atoms with van der Waals surface area (Å²) in [4.78, 5) is 4.09. The summed E-state index contributed by atoms with van der Waals surface area (Å²) in [5.41, 5.74) is 0.623. The van der Waals surface area contributed by atoms with Crippen molar-refractivity contribution in [1.29, 1.82) is 0 Å². The fraction of sp³-hybridized carbons (Fsp3) is 0.182. The minimum atomic E-state index is -3.39. The Morgan fingerprint density at radius 1 is 1.29 bits per heavy atom. The van der Waals surface area contributed by atoms with Gasteiger partial charge in [0.2, 0.25) is 10.0 Å². The zero-order valence-corrected chi connectivity index (χ0v) is 9.93. The van der Waals surface area contributed by atoms with Gasteiger partial charge in [-0.1, -0.05) is 12.1 Å². The van der Waals surface area contributed by atoms with Crippen LogP contribution in [0.25, 0.3) is 0 Å². The molecule has 1 heterocycles. The molecule has 0 spiro atoms. The minimum absolute atomic E-state index is 0.366. The van der Waals surface area contributed by atoms with Gasteiger partial charge in [0.05, 0.1) is 6.26 Å². The monoisotopic (exact) mass is 254 g/mol. The fourth-order valence-electron chi connectivity index (χ4n) is 1.56.